The van der Waals surface area contributed by atoms with E-state index in [9.17, 15) is 9.90 Å². The molecule has 0 radical (unpaired) electrons. The molecule has 0 saturated carbocycles. The quantitative estimate of drug-likeness (QED) is 0.789. The molecule has 4 heteroatoms. The zero-order chi connectivity index (χ0) is 12.1. The minimum atomic E-state index is -0.836. The van der Waals surface area contributed by atoms with Gasteiger partial charge >= 0.3 is 5.97 Å². The molecule has 0 saturated heterocycles. The summed E-state index contributed by atoms with van der Waals surface area (Å²) in [6.45, 7) is 1.88. The number of carbonyl (C=O) groups is 1. The summed E-state index contributed by atoms with van der Waals surface area (Å²) in [7, 11) is 2.89. The Hall–Kier alpha value is -1.55. The highest BCUT2D eigenvalue weighted by molar-refractivity contribution is 5.70. The monoisotopic (exact) mass is 224 g/mol. The molecule has 0 amide bonds. The van der Waals surface area contributed by atoms with Gasteiger partial charge in [-0.1, -0.05) is 6.07 Å². The van der Waals surface area contributed by atoms with E-state index >= 15 is 0 Å². The molecule has 0 spiro atoms. The van der Waals surface area contributed by atoms with Gasteiger partial charge in [0.2, 0.25) is 0 Å². The molecule has 0 heterocycles. The van der Waals surface area contributed by atoms with Crippen LogP contribution in [0.15, 0.2) is 18.2 Å². The molecule has 88 valence electrons. The molecule has 1 atom stereocenters. The second kappa shape index (κ2) is 5.51. The Morgan fingerprint density at radius 3 is 2.62 bits per heavy atom. The Bertz CT molecular complexity index is 373. The van der Waals surface area contributed by atoms with Gasteiger partial charge in [0.25, 0.3) is 0 Å². The maximum absolute atomic E-state index is 11.0. The van der Waals surface area contributed by atoms with Crippen molar-refractivity contribution in [2.45, 2.75) is 19.4 Å². The van der Waals surface area contributed by atoms with E-state index in [-0.39, 0.29) is 6.42 Å². The Balaban J connectivity index is 2.80. The zero-order valence-electron chi connectivity index (χ0n) is 9.69. The van der Waals surface area contributed by atoms with Crippen LogP contribution >= 0.6 is 0 Å². The van der Waals surface area contributed by atoms with Crippen molar-refractivity contribution in [1.82, 2.24) is 0 Å². The Morgan fingerprint density at radius 1 is 1.44 bits per heavy atom. The van der Waals surface area contributed by atoms with Crippen LogP contribution in [-0.4, -0.2) is 25.3 Å². The predicted molar refractivity (Wildman–Crippen MR) is 59.3 cm³/mol. The standard InChI is InChI=1S/C12H16O4/c1-8-6-9(4-5-11(8)15-2)10(13)7-12(14)16-3/h4-6,10,13H,7H2,1-3H3/t10-/m1/s1. The van der Waals surface area contributed by atoms with E-state index in [0.29, 0.717) is 5.56 Å². The van der Waals surface area contributed by atoms with E-state index in [1.807, 2.05) is 6.92 Å². The van der Waals surface area contributed by atoms with Gasteiger partial charge in [0.15, 0.2) is 0 Å². The van der Waals surface area contributed by atoms with Crippen LogP contribution in [0.25, 0.3) is 0 Å². The van der Waals surface area contributed by atoms with E-state index in [1.165, 1.54) is 7.11 Å². The van der Waals surface area contributed by atoms with Gasteiger partial charge in [0.05, 0.1) is 26.7 Å². The zero-order valence-corrected chi connectivity index (χ0v) is 9.69. The minimum absolute atomic E-state index is 0.0394. The Labute approximate surface area is 94.8 Å². The lowest BCUT2D eigenvalue weighted by atomic mass is 10.0. The fraction of sp³-hybridized carbons (Fsp3) is 0.417. The summed E-state index contributed by atoms with van der Waals surface area (Å²) in [4.78, 5) is 11.0. The third kappa shape index (κ3) is 2.97. The number of carbonyl (C=O) groups excluding carboxylic acids is 1. The molecule has 1 rings (SSSR count). The maximum atomic E-state index is 11.0. The number of aliphatic hydroxyl groups excluding tert-OH is 1. The van der Waals surface area contributed by atoms with E-state index in [4.69, 9.17) is 4.74 Å². The van der Waals surface area contributed by atoms with Crippen LogP contribution < -0.4 is 4.74 Å². The van der Waals surface area contributed by atoms with Crippen molar-refractivity contribution < 1.29 is 19.4 Å². The lowest BCUT2D eigenvalue weighted by Crippen LogP contribution is -2.08. The first-order valence-corrected chi connectivity index (χ1v) is 4.98. The first-order chi connectivity index (χ1) is 7.58. The Morgan fingerprint density at radius 2 is 2.12 bits per heavy atom. The highest BCUT2D eigenvalue weighted by Gasteiger charge is 2.14. The molecule has 0 aromatic heterocycles. The van der Waals surface area contributed by atoms with Crippen LogP contribution in [0.1, 0.15) is 23.7 Å². The van der Waals surface area contributed by atoms with Gasteiger partial charge in [0.1, 0.15) is 5.75 Å². The van der Waals surface area contributed by atoms with Gasteiger partial charge in [-0.3, -0.25) is 4.79 Å². The predicted octanol–water partition coefficient (Wildman–Crippen LogP) is 1.60. The smallest absolute Gasteiger partial charge is 0.308 e. The Kier molecular flexibility index (Phi) is 4.31. The molecule has 0 fully saturated rings. The molecule has 0 aliphatic rings. The summed E-state index contributed by atoms with van der Waals surface area (Å²) in [6.07, 6.45) is -0.875. The molecule has 0 aliphatic carbocycles. The van der Waals surface area contributed by atoms with Crippen molar-refractivity contribution >= 4 is 5.97 Å². The van der Waals surface area contributed by atoms with Gasteiger partial charge < -0.3 is 14.6 Å². The van der Waals surface area contributed by atoms with Crippen molar-refractivity contribution in [2.75, 3.05) is 14.2 Å². The lowest BCUT2D eigenvalue weighted by molar-refractivity contribution is -0.142. The average molecular weight is 224 g/mol. The van der Waals surface area contributed by atoms with Gasteiger partial charge in [0, 0.05) is 0 Å². The molecule has 0 unspecified atom stereocenters. The summed E-state index contributed by atoms with van der Waals surface area (Å²) in [5.41, 5.74) is 1.60. The largest absolute Gasteiger partial charge is 0.496 e. The summed E-state index contributed by atoms with van der Waals surface area (Å²) >= 11 is 0. The topological polar surface area (TPSA) is 55.8 Å². The molecule has 1 N–H and O–H groups in total. The first kappa shape index (κ1) is 12.5. The number of methoxy groups -OCH3 is 2. The highest BCUT2D eigenvalue weighted by Crippen LogP contribution is 2.24. The van der Waals surface area contributed by atoms with Crippen molar-refractivity contribution in [3.8, 4) is 5.75 Å². The molecular formula is C12H16O4. The summed E-state index contributed by atoms with van der Waals surface area (Å²) in [6, 6.07) is 5.30. The van der Waals surface area contributed by atoms with Crippen LogP contribution in [0.4, 0.5) is 0 Å². The van der Waals surface area contributed by atoms with E-state index in [2.05, 4.69) is 4.74 Å². The van der Waals surface area contributed by atoms with Gasteiger partial charge in [-0.25, -0.2) is 0 Å². The average Bonchev–Trinajstić information content (AvgIpc) is 2.28. The van der Waals surface area contributed by atoms with Crippen LogP contribution in [-0.2, 0) is 9.53 Å². The number of rotatable bonds is 4. The molecule has 0 bridgehead atoms. The number of aliphatic hydroxyl groups is 1. The summed E-state index contributed by atoms with van der Waals surface area (Å²) in [5.74, 6) is 0.329. The molecule has 16 heavy (non-hydrogen) atoms. The molecule has 0 aliphatic heterocycles. The number of esters is 1. The third-order valence-electron chi connectivity index (χ3n) is 2.39. The second-order valence-electron chi connectivity index (χ2n) is 3.53. The fourth-order valence-electron chi connectivity index (χ4n) is 1.47. The number of hydrogen-bond acceptors (Lipinski definition) is 4. The van der Waals surface area contributed by atoms with Crippen LogP contribution in [0.2, 0.25) is 0 Å². The fourth-order valence-corrected chi connectivity index (χ4v) is 1.47. The number of aryl methyl sites for hydroxylation is 1. The molecule has 1 aromatic carbocycles. The number of benzene rings is 1. The van der Waals surface area contributed by atoms with E-state index in [1.54, 1.807) is 25.3 Å². The SMILES string of the molecule is COC(=O)C[C@@H](O)c1ccc(OC)c(C)c1. The molecule has 4 nitrogen and oxygen atoms in total. The molecular weight excluding hydrogens is 208 g/mol. The van der Waals surface area contributed by atoms with Crippen molar-refractivity contribution in [2.24, 2.45) is 0 Å². The van der Waals surface area contributed by atoms with Crippen LogP contribution in [0.5, 0.6) is 5.75 Å². The van der Waals surface area contributed by atoms with Crippen LogP contribution in [0, 0.1) is 6.92 Å². The summed E-state index contributed by atoms with van der Waals surface area (Å²) in [5, 5.41) is 9.77. The second-order valence-corrected chi connectivity index (χ2v) is 3.53. The first-order valence-electron chi connectivity index (χ1n) is 4.98. The van der Waals surface area contributed by atoms with Gasteiger partial charge in [-0.15, -0.1) is 0 Å². The van der Waals surface area contributed by atoms with Crippen molar-refractivity contribution in [3.05, 3.63) is 29.3 Å². The third-order valence-corrected chi connectivity index (χ3v) is 2.39. The maximum Gasteiger partial charge on any atom is 0.308 e. The lowest BCUT2D eigenvalue weighted by Gasteiger charge is -2.12. The van der Waals surface area contributed by atoms with Crippen molar-refractivity contribution in [3.63, 3.8) is 0 Å². The van der Waals surface area contributed by atoms with Gasteiger partial charge in [-0.2, -0.15) is 0 Å². The summed E-state index contributed by atoms with van der Waals surface area (Å²) < 4.78 is 9.60. The van der Waals surface area contributed by atoms with E-state index < -0.39 is 12.1 Å². The van der Waals surface area contributed by atoms with Crippen molar-refractivity contribution in [1.29, 1.82) is 0 Å². The number of hydrogen-bond donors (Lipinski definition) is 1. The normalized spacial score (nSPS) is 12.0. The highest BCUT2D eigenvalue weighted by atomic mass is 16.5. The molecule has 1 aromatic rings. The number of ether oxygens (including phenoxy) is 2. The minimum Gasteiger partial charge on any atom is -0.496 e. The van der Waals surface area contributed by atoms with Crippen LogP contribution in [0.3, 0.4) is 0 Å². The van der Waals surface area contributed by atoms with E-state index in [0.717, 1.165) is 11.3 Å². The van der Waals surface area contributed by atoms with Gasteiger partial charge in [-0.05, 0) is 30.2 Å².